The Labute approximate surface area is 122 Å². The lowest BCUT2D eigenvalue weighted by molar-refractivity contribution is 0.174. The SMILES string of the molecule is CCc1nc(=S)cc(NCc2ccc3c(c2)OCO3)[nH]1. The average Bonchev–Trinajstić information content (AvgIpc) is 2.92. The number of ether oxygens (including phenoxy) is 2. The third-order valence-corrected chi connectivity index (χ3v) is 3.26. The maximum atomic E-state index is 5.36. The van der Waals surface area contributed by atoms with Crippen LogP contribution in [0.2, 0.25) is 0 Å². The zero-order chi connectivity index (χ0) is 13.9. The van der Waals surface area contributed by atoms with E-state index < -0.39 is 0 Å². The van der Waals surface area contributed by atoms with Crippen molar-refractivity contribution in [1.29, 1.82) is 0 Å². The van der Waals surface area contributed by atoms with Gasteiger partial charge >= 0.3 is 0 Å². The predicted octanol–water partition coefficient (Wildman–Crippen LogP) is 3.04. The summed E-state index contributed by atoms with van der Waals surface area (Å²) >= 11 is 5.14. The van der Waals surface area contributed by atoms with E-state index in [9.17, 15) is 0 Å². The zero-order valence-electron chi connectivity index (χ0n) is 11.1. The highest BCUT2D eigenvalue weighted by Crippen LogP contribution is 2.32. The summed E-state index contributed by atoms with van der Waals surface area (Å²) in [7, 11) is 0. The number of nitrogens with zero attached hydrogens (tertiary/aromatic N) is 1. The molecule has 104 valence electrons. The van der Waals surface area contributed by atoms with Crippen LogP contribution in [0.3, 0.4) is 0 Å². The van der Waals surface area contributed by atoms with Crippen molar-refractivity contribution in [1.82, 2.24) is 9.97 Å². The fourth-order valence-electron chi connectivity index (χ4n) is 2.02. The molecule has 0 fully saturated rings. The van der Waals surface area contributed by atoms with Gasteiger partial charge in [0, 0.05) is 19.0 Å². The van der Waals surface area contributed by atoms with Crippen LogP contribution in [0.4, 0.5) is 5.82 Å². The molecule has 0 unspecified atom stereocenters. The fourth-order valence-corrected chi connectivity index (χ4v) is 2.25. The van der Waals surface area contributed by atoms with Gasteiger partial charge in [0.05, 0.1) is 0 Å². The van der Waals surface area contributed by atoms with E-state index in [-0.39, 0.29) is 0 Å². The molecular formula is C14H15N3O2S. The topological polar surface area (TPSA) is 59.2 Å². The Hall–Kier alpha value is -2.08. The van der Waals surface area contributed by atoms with Gasteiger partial charge in [0.2, 0.25) is 6.79 Å². The Morgan fingerprint density at radius 1 is 1.30 bits per heavy atom. The summed E-state index contributed by atoms with van der Waals surface area (Å²) in [5.41, 5.74) is 1.11. The molecule has 1 aromatic carbocycles. The number of aromatic nitrogens is 2. The monoisotopic (exact) mass is 289 g/mol. The minimum absolute atomic E-state index is 0.295. The highest BCUT2D eigenvalue weighted by Gasteiger charge is 2.12. The molecule has 1 aliphatic heterocycles. The van der Waals surface area contributed by atoms with Gasteiger partial charge in [-0.15, -0.1) is 0 Å². The molecule has 0 saturated carbocycles. The molecule has 3 rings (SSSR count). The van der Waals surface area contributed by atoms with Gasteiger partial charge in [0.25, 0.3) is 0 Å². The minimum Gasteiger partial charge on any atom is -0.454 e. The van der Waals surface area contributed by atoms with Gasteiger partial charge in [-0.05, 0) is 17.7 Å². The van der Waals surface area contributed by atoms with Crippen LogP contribution in [0.5, 0.6) is 11.5 Å². The Balaban J connectivity index is 1.73. The number of rotatable bonds is 4. The second-order valence-corrected chi connectivity index (χ2v) is 4.89. The van der Waals surface area contributed by atoms with Crippen LogP contribution in [0, 0.1) is 4.64 Å². The third kappa shape index (κ3) is 2.75. The van der Waals surface area contributed by atoms with Crippen molar-refractivity contribution in [2.24, 2.45) is 0 Å². The van der Waals surface area contributed by atoms with Crippen molar-refractivity contribution in [3.05, 3.63) is 40.3 Å². The molecule has 20 heavy (non-hydrogen) atoms. The summed E-state index contributed by atoms with van der Waals surface area (Å²) in [5.74, 6) is 3.34. The molecule has 2 heterocycles. The van der Waals surface area contributed by atoms with E-state index in [1.165, 1.54) is 0 Å². The number of hydrogen-bond donors (Lipinski definition) is 2. The molecule has 6 heteroatoms. The first-order valence-electron chi connectivity index (χ1n) is 6.47. The van der Waals surface area contributed by atoms with Gasteiger partial charge in [-0.2, -0.15) is 0 Å². The molecule has 0 amide bonds. The van der Waals surface area contributed by atoms with Gasteiger partial charge in [0.15, 0.2) is 11.5 Å². The van der Waals surface area contributed by atoms with Gasteiger partial charge in [-0.3, -0.25) is 0 Å². The predicted molar refractivity (Wildman–Crippen MR) is 78.7 cm³/mol. The number of H-pyrrole nitrogens is 1. The Kier molecular flexibility index (Phi) is 3.56. The van der Waals surface area contributed by atoms with Crippen molar-refractivity contribution in [3.8, 4) is 11.5 Å². The first kappa shape index (κ1) is 12.9. The largest absolute Gasteiger partial charge is 0.454 e. The smallest absolute Gasteiger partial charge is 0.231 e. The Morgan fingerprint density at radius 2 is 2.15 bits per heavy atom. The normalized spacial score (nSPS) is 12.4. The standard InChI is InChI=1S/C14H15N3O2S/c1-2-12-16-13(6-14(20)17-12)15-7-9-3-4-10-11(5-9)19-8-18-10/h3-6H,2,7-8H2,1H3,(H2,15,16,17,20). The van der Waals surface area contributed by atoms with Crippen LogP contribution < -0.4 is 14.8 Å². The molecule has 0 radical (unpaired) electrons. The average molecular weight is 289 g/mol. The quantitative estimate of drug-likeness (QED) is 0.847. The number of aryl methyl sites for hydroxylation is 1. The van der Waals surface area contributed by atoms with Crippen LogP contribution in [0.1, 0.15) is 18.3 Å². The molecule has 2 aromatic rings. The molecule has 0 spiro atoms. The van der Waals surface area contributed by atoms with Crippen LogP contribution in [-0.2, 0) is 13.0 Å². The number of hydrogen-bond acceptors (Lipinski definition) is 5. The van der Waals surface area contributed by atoms with Crippen molar-refractivity contribution in [2.45, 2.75) is 19.9 Å². The lowest BCUT2D eigenvalue weighted by Gasteiger charge is -2.08. The van der Waals surface area contributed by atoms with Crippen LogP contribution in [0.15, 0.2) is 24.3 Å². The Bertz CT molecular complexity index is 684. The van der Waals surface area contributed by atoms with Gasteiger partial charge in [-0.25, -0.2) is 4.98 Å². The van der Waals surface area contributed by atoms with E-state index >= 15 is 0 Å². The number of anilines is 1. The Morgan fingerprint density at radius 3 is 3.00 bits per heavy atom. The second kappa shape index (κ2) is 5.50. The summed E-state index contributed by atoms with van der Waals surface area (Å²) < 4.78 is 11.2. The lowest BCUT2D eigenvalue weighted by Crippen LogP contribution is -2.04. The van der Waals surface area contributed by atoms with Gasteiger partial charge in [0.1, 0.15) is 16.3 Å². The van der Waals surface area contributed by atoms with Crippen molar-refractivity contribution >= 4 is 18.0 Å². The molecule has 0 atom stereocenters. The summed E-state index contributed by atoms with van der Waals surface area (Å²) in [6.07, 6.45) is 0.823. The number of nitrogens with one attached hydrogen (secondary N) is 2. The maximum absolute atomic E-state index is 5.36. The van der Waals surface area contributed by atoms with Crippen LogP contribution in [-0.4, -0.2) is 16.8 Å². The first-order chi connectivity index (χ1) is 9.74. The molecule has 1 aromatic heterocycles. The number of benzene rings is 1. The molecular weight excluding hydrogens is 274 g/mol. The van der Waals surface area contributed by atoms with Crippen LogP contribution >= 0.6 is 12.2 Å². The van der Waals surface area contributed by atoms with Crippen LogP contribution in [0.25, 0.3) is 0 Å². The third-order valence-electron chi connectivity index (χ3n) is 3.05. The van der Waals surface area contributed by atoms with Gasteiger partial charge < -0.3 is 19.8 Å². The van der Waals surface area contributed by atoms with Gasteiger partial charge in [-0.1, -0.05) is 25.2 Å². The molecule has 2 N–H and O–H groups in total. The number of fused-ring (bicyclic) bond motifs is 1. The fraction of sp³-hybridized carbons (Fsp3) is 0.286. The molecule has 5 nitrogen and oxygen atoms in total. The highest BCUT2D eigenvalue weighted by atomic mass is 32.1. The minimum atomic E-state index is 0.295. The lowest BCUT2D eigenvalue weighted by atomic mass is 10.2. The van der Waals surface area contributed by atoms with E-state index in [0.717, 1.165) is 35.1 Å². The zero-order valence-corrected chi connectivity index (χ0v) is 11.9. The first-order valence-corrected chi connectivity index (χ1v) is 6.88. The summed E-state index contributed by atoms with van der Waals surface area (Å²) in [5, 5.41) is 3.31. The van der Waals surface area contributed by atoms with Crippen molar-refractivity contribution < 1.29 is 9.47 Å². The van der Waals surface area contributed by atoms with E-state index in [1.807, 2.05) is 31.2 Å². The molecule has 0 bridgehead atoms. The van der Waals surface area contributed by atoms with E-state index in [4.69, 9.17) is 21.7 Å². The summed E-state index contributed by atoms with van der Waals surface area (Å²) in [6.45, 7) is 3.01. The molecule has 1 aliphatic rings. The highest BCUT2D eigenvalue weighted by molar-refractivity contribution is 7.71. The van der Waals surface area contributed by atoms with Crippen molar-refractivity contribution in [3.63, 3.8) is 0 Å². The van der Waals surface area contributed by atoms with E-state index in [2.05, 4.69) is 15.3 Å². The second-order valence-electron chi connectivity index (χ2n) is 4.47. The van der Waals surface area contributed by atoms with E-state index in [0.29, 0.717) is 18.0 Å². The maximum Gasteiger partial charge on any atom is 0.231 e. The molecule has 0 saturated heterocycles. The number of aromatic amines is 1. The molecule has 0 aliphatic carbocycles. The van der Waals surface area contributed by atoms with Crippen molar-refractivity contribution in [2.75, 3.05) is 12.1 Å². The van der Waals surface area contributed by atoms with E-state index in [1.54, 1.807) is 0 Å². The summed E-state index contributed by atoms with van der Waals surface area (Å²) in [6, 6.07) is 7.73. The summed E-state index contributed by atoms with van der Waals surface area (Å²) in [4.78, 5) is 7.45.